The van der Waals surface area contributed by atoms with E-state index in [9.17, 15) is 4.79 Å². The monoisotopic (exact) mass is 1700 g/mol. The van der Waals surface area contributed by atoms with Crippen molar-refractivity contribution in [3.63, 3.8) is 0 Å². The SMILES string of the molecule is CC.CC.CC.CC.CC.CC.CC(C)(C)c1ccc(C(C)(C)C)cc1.CC(C)(C)c1ccc(C(C)(C)C)nc1.CC(C)(C)c1ccc2c(c1)CCN(C(C)(C)C)C2=O.CC(C)(C)c1ccn2c(C(C)(C)C)nnc2c1.CC1CCC(C)CC1.CC1CCC(C)CC1.C[C@@H]1CC=C(C(C)(C)C)CC1.C[C@H]1CC=C(C(C)(C)C)CC1.Cc1ccc(C)c(C)c1. The minimum Gasteiger partial charge on any atom is -0.333 e. The Bertz CT molecular complexity index is 3560. The Morgan fingerprint density at radius 3 is 0.959 bits per heavy atom. The number of carbonyl (C=O) groups excluding carboxylic acids is 1. The minimum atomic E-state index is -0.0997. The van der Waals surface area contributed by atoms with Gasteiger partial charge in [-0.1, -0.05) is 452 Å². The lowest BCUT2D eigenvalue weighted by atomic mass is 9.78. The van der Waals surface area contributed by atoms with E-state index in [-0.39, 0.29) is 49.4 Å². The maximum Gasteiger partial charge on any atom is 0.254 e. The number of pyridine rings is 2. The van der Waals surface area contributed by atoms with Gasteiger partial charge in [0.1, 0.15) is 5.82 Å². The highest BCUT2D eigenvalue weighted by molar-refractivity contribution is 5.97. The molecular formula is C117H209N5O. The second-order valence-electron chi connectivity index (χ2n) is 45.2. The zero-order valence-electron chi connectivity index (χ0n) is 91.8. The Hall–Kier alpha value is -5.62. The lowest BCUT2D eigenvalue weighted by molar-refractivity contribution is 0.0561. The van der Waals surface area contributed by atoms with Gasteiger partial charge < -0.3 is 4.90 Å². The van der Waals surface area contributed by atoms with E-state index in [1.54, 1.807) is 11.1 Å². The Morgan fingerprint density at radius 1 is 0.325 bits per heavy atom. The van der Waals surface area contributed by atoms with Gasteiger partial charge in [-0.3, -0.25) is 14.2 Å². The van der Waals surface area contributed by atoms with Crippen molar-refractivity contribution in [3.05, 3.63) is 188 Å². The molecule has 3 aromatic carbocycles. The predicted octanol–water partition coefficient (Wildman–Crippen LogP) is 37.1. The predicted molar refractivity (Wildman–Crippen MR) is 559 cm³/mol. The highest BCUT2D eigenvalue weighted by Crippen LogP contribution is 2.38. The molecule has 6 nitrogen and oxygen atoms in total. The third-order valence-corrected chi connectivity index (χ3v) is 23.4. The molecule has 3 aromatic heterocycles. The first-order valence-corrected chi connectivity index (χ1v) is 49.8. The topological polar surface area (TPSA) is 63.4 Å². The highest BCUT2D eigenvalue weighted by atomic mass is 16.2. The molecule has 0 radical (unpaired) electrons. The van der Waals surface area contributed by atoms with Gasteiger partial charge in [-0.2, -0.15) is 0 Å². The van der Waals surface area contributed by atoms with Gasteiger partial charge in [0, 0.05) is 46.6 Å². The molecule has 0 saturated heterocycles. The number of rotatable bonds is 0. The van der Waals surface area contributed by atoms with Crippen LogP contribution in [0.3, 0.4) is 0 Å². The molecule has 6 aromatic rings. The van der Waals surface area contributed by atoms with Gasteiger partial charge in [0.15, 0.2) is 5.65 Å². The van der Waals surface area contributed by atoms with Gasteiger partial charge in [0.25, 0.3) is 5.91 Å². The number of amides is 1. The van der Waals surface area contributed by atoms with E-state index in [0.29, 0.717) is 10.8 Å². The fraction of sp³-hybridized carbons (Fsp3) is 0.709. The molecule has 1 amide bonds. The molecule has 2 fully saturated rings. The summed E-state index contributed by atoms with van der Waals surface area (Å²) in [5, 5.41) is 8.57. The summed E-state index contributed by atoms with van der Waals surface area (Å²) >= 11 is 0. The molecule has 123 heavy (non-hydrogen) atoms. The van der Waals surface area contributed by atoms with Crippen LogP contribution in [0.15, 0.2) is 121 Å². The lowest BCUT2D eigenvalue weighted by Crippen LogP contribution is -2.49. The summed E-state index contributed by atoms with van der Waals surface area (Å²) in [6.45, 7) is 112. The van der Waals surface area contributed by atoms with Gasteiger partial charge in [-0.15, -0.1) is 10.2 Å². The normalized spacial score (nSPS) is 18.3. The zero-order valence-corrected chi connectivity index (χ0v) is 91.8. The van der Waals surface area contributed by atoms with E-state index in [1.165, 1.54) is 140 Å². The van der Waals surface area contributed by atoms with Crippen molar-refractivity contribution in [2.45, 2.75) is 493 Å². The molecule has 11 rings (SSSR count). The molecule has 6 heteroatoms. The molecule has 0 N–H and O–H groups in total. The number of aromatic nitrogens is 4. The fourth-order valence-electron chi connectivity index (χ4n) is 14.3. The quantitative estimate of drug-likeness (QED) is 0.142. The highest BCUT2D eigenvalue weighted by Gasteiger charge is 2.33. The Morgan fingerprint density at radius 2 is 0.675 bits per heavy atom. The summed E-state index contributed by atoms with van der Waals surface area (Å²) in [6, 6.07) is 30.4. The maximum atomic E-state index is 12.6. The lowest BCUT2D eigenvalue weighted by Gasteiger charge is -2.39. The summed E-state index contributed by atoms with van der Waals surface area (Å²) in [7, 11) is 0. The van der Waals surface area contributed by atoms with Crippen LogP contribution in [0, 0.1) is 67.1 Å². The van der Waals surface area contributed by atoms with Crippen molar-refractivity contribution in [1.29, 1.82) is 0 Å². The number of allylic oxidation sites excluding steroid dienone is 4. The summed E-state index contributed by atoms with van der Waals surface area (Å²) in [5.41, 5.74) is 20.2. The Balaban J connectivity index is -0.000000644. The summed E-state index contributed by atoms with van der Waals surface area (Å²) in [4.78, 5) is 19.0. The minimum absolute atomic E-state index is 0.0165. The molecule has 5 aliphatic rings. The fourth-order valence-corrected chi connectivity index (χ4v) is 14.3. The molecule has 0 unspecified atom stereocenters. The second kappa shape index (κ2) is 58.0. The largest absolute Gasteiger partial charge is 0.333 e. The zero-order chi connectivity index (χ0) is 97.0. The first-order valence-electron chi connectivity index (χ1n) is 49.8. The molecule has 2 saturated carbocycles. The smallest absolute Gasteiger partial charge is 0.254 e. The van der Waals surface area contributed by atoms with E-state index < -0.39 is 0 Å². The van der Waals surface area contributed by atoms with Gasteiger partial charge in [-0.05, 0) is 229 Å². The van der Waals surface area contributed by atoms with Crippen LogP contribution in [0.1, 0.15) is 494 Å². The summed E-state index contributed by atoms with van der Waals surface area (Å²) < 4.78 is 2.08. The number of fused-ring (bicyclic) bond motifs is 2. The number of aryl methyl sites for hydroxylation is 3. The average Bonchev–Trinajstić information content (AvgIpc) is 1.71. The molecule has 0 bridgehead atoms. The number of benzene rings is 3. The molecule has 2 atom stereocenters. The molecule has 708 valence electrons. The van der Waals surface area contributed by atoms with Crippen molar-refractivity contribution in [2.24, 2.45) is 46.3 Å². The third kappa shape index (κ3) is 49.5. The van der Waals surface area contributed by atoms with E-state index in [1.807, 2.05) is 100 Å². The van der Waals surface area contributed by atoms with E-state index in [0.717, 1.165) is 71.2 Å². The Kier molecular flexibility index (Phi) is 58.4. The van der Waals surface area contributed by atoms with Crippen molar-refractivity contribution >= 4 is 11.6 Å². The van der Waals surface area contributed by atoms with Gasteiger partial charge in [0.2, 0.25) is 0 Å². The van der Waals surface area contributed by atoms with Crippen LogP contribution >= 0.6 is 0 Å². The molecule has 4 aliphatic carbocycles. The van der Waals surface area contributed by atoms with Crippen LogP contribution in [0.5, 0.6) is 0 Å². The summed E-state index contributed by atoms with van der Waals surface area (Å²) in [5.74, 6) is 7.10. The standard InChI is InChI=1S/C17H25NO.C14H21N3.C14H22.C13H21N.2C11H20.C9H12.2C8H16.6C2H6/c1-16(2,3)13-7-8-14-12(11-13)9-10-18(15(14)19)17(4,5)6;1-13(2,3)10-7-8-17-11(9-10)15-16-12(17)14(4,5)6;1-13(2,3)11-7-9-12(10-8-11)14(4,5)6;1-12(2,3)10-7-8-11(14-9-10)13(4,5)6;2*1-9-5-7-10(8-6-9)11(2,3)4;1-7-4-5-8(2)9(3)6-7;2*1-7-3-5-8(2)6-4-7;6*1-2/h7-8,11H,9-10H2,1-6H3;7-9H,1-6H3;7-10H,1-6H3;7-9H,1-6H3;2*7,9H,5-6,8H2,1-4H3;4-6H,1-3H3;2*7-8H,3-6H2,1-2H3;6*1-2H3/t;;;;2*9-;;;;;;;;;/m....10........./s1. The van der Waals surface area contributed by atoms with Crippen LogP contribution < -0.4 is 0 Å². The first-order chi connectivity index (χ1) is 56.5. The molecule has 1 aliphatic heterocycles. The van der Waals surface area contributed by atoms with Crippen LogP contribution in [0.2, 0.25) is 0 Å². The van der Waals surface area contributed by atoms with Crippen molar-refractivity contribution in [1.82, 2.24) is 24.5 Å². The van der Waals surface area contributed by atoms with E-state index in [4.69, 9.17) is 0 Å². The van der Waals surface area contributed by atoms with Crippen LogP contribution in [-0.4, -0.2) is 42.5 Å². The third-order valence-electron chi connectivity index (χ3n) is 23.4. The maximum absolute atomic E-state index is 12.6. The number of hydrogen-bond donors (Lipinski definition) is 0. The molecular weight excluding hydrogens is 1490 g/mol. The van der Waals surface area contributed by atoms with Crippen LogP contribution in [0.4, 0.5) is 0 Å². The first kappa shape index (κ1) is 124. The molecule has 0 spiro atoms. The van der Waals surface area contributed by atoms with E-state index >= 15 is 0 Å². The number of carbonyl (C=O) groups is 1. The van der Waals surface area contributed by atoms with Crippen molar-refractivity contribution in [2.75, 3.05) is 6.54 Å². The molecule has 4 heterocycles. The van der Waals surface area contributed by atoms with Crippen LogP contribution in [0.25, 0.3) is 5.65 Å². The van der Waals surface area contributed by atoms with Gasteiger partial charge in [-0.25, -0.2) is 0 Å². The van der Waals surface area contributed by atoms with E-state index in [2.05, 4.69) is 387 Å². The van der Waals surface area contributed by atoms with Crippen LogP contribution in [-0.2, 0) is 44.3 Å². The number of hydrogen-bond acceptors (Lipinski definition) is 4. The summed E-state index contributed by atoms with van der Waals surface area (Å²) in [6.07, 6.45) is 29.8. The van der Waals surface area contributed by atoms with Gasteiger partial charge in [0.05, 0.1) is 0 Å². The van der Waals surface area contributed by atoms with Crippen molar-refractivity contribution < 1.29 is 4.79 Å². The van der Waals surface area contributed by atoms with Crippen molar-refractivity contribution in [3.8, 4) is 0 Å². The Labute approximate surface area is 769 Å². The number of nitrogens with zero attached hydrogens (tertiary/aromatic N) is 5. The second-order valence-corrected chi connectivity index (χ2v) is 45.2. The van der Waals surface area contributed by atoms with Gasteiger partial charge >= 0.3 is 0 Å². The average molecular weight is 1700 g/mol.